The molecule has 0 saturated carbocycles. The predicted octanol–water partition coefficient (Wildman–Crippen LogP) is 2.53. The lowest BCUT2D eigenvalue weighted by Crippen LogP contribution is -2.37. The molecular formula is C23H27N3O5. The number of carbonyl (C=O) groups is 2. The van der Waals surface area contributed by atoms with Gasteiger partial charge in [0.25, 0.3) is 0 Å². The molecule has 164 valence electrons. The van der Waals surface area contributed by atoms with Crippen LogP contribution in [0, 0.1) is 0 Å². The van der Waals surface area contributed by atoms with Crippen LogP contribution >= 0.6 is 0 Å². The van der Waals surface area contributed by atoms with Gasteiger partial charge in [-0.05, 0) is 31.7 Å². The minimum Gasteiger partial charge on any atom is -0.454 e. The summed E-state index contributed by atoms with van der Waals surface area (Å²) in [5.74, 6) is 0.683. The number of likely N-dealkylation sites (N-methyl/N-ethyl adjacent to an activating group) is 1. The Morgan fingerprint density at radius 1 is 1.10 bits per heavy atom. The Balaban J connectivity index is 1.42. The number of nitrogens with zero attached hydrogens (tertiary/aromatic N) is 2. The highest BCUT2D eigenvalue weighted by Crippen LogP contribution is 2.37. The first-order chi connectivity index (χ1) is 15.0. The molecule has 2 aromatic carbocycles. The van der Waals surface area contributed by atoms with Gasteiger partial charge < -0.3 is 24.4 Å². The summed E-state index contributed by atoms with van der Waals surface area (Å²) in [6.45, 7) is 5.54. The van der Waals surface area contributed by atoms with Gasteiger partial charge in [0, 0.05) is 37.0 Å². The fraction of sp³-hybridized carbons (Fsp3) is 0.391. The van der Waals surface area contributed by atoms with E-state index in [2.05, 4.69) is 22.3 Å². The van der Waals surface area contributed by atoms with Crippen molar-refractivity contribution in [2.75, 3.05) is 56.9 Å². The Bertz CT molecular complexity index is 972. The molecule has 0 atom stereocenters. The molecule has 2 heterocycles. The van der Waals surface area contributed by atoms with Gasteiger partial charge in [-0.3, -0.25) is 14.5 Å². The molecule has 2 aliphatic heterocycles. The van der Waals surface area contributed by atoms with Crippen LogP contribution in [0.5, 0.6) is 11.5 Å². The Hall–Kier alpha value is -3.10. The minimum absolute atomic E-state index is 0.107. The van der Waals surface area contributed by atoms with Gasteiger partial charge in [0.2, 0.25) is 12.7 Å². The van der Waals surface area contributed by atoms with Gasteiger partial charge in [-0.2, -0.15) is 0 Å². The molecule has 0 aromatic heterocycles. The number of ether oxygens (including phenoxy) is 3. The fourth-order valence-electron chi connectivity index (χ4n) is 3.88. The number of ketones is 1. The van der Waals surface area contributed by atoms with Crippen molar-refractivity contribution >= 4 is 23.1 Å². The average molecular weight is 425 g/mol. The fourth-order valence-corrected chi connectivity index (χ4v) is 3.88. The predicted molar refractivity (Wildman–Crippen MR) is 117 cm³/mol. The Morgan fingerprint density at radius 2 is 1.81 bits per heavy atom. The number of hydrogen-bond acceptors (Lipinski definition) is 7. The summed E-state index contributed by atoms with van der Waals surface area (Å²) >= 11 is 0. The van der Waals surface area contributed by atoms with Gasteiger partial charge in [0.1, 0.15) is 0 Å². The number of nitrogens with one attached hydrogen (secondary N) is 1. The molecule has 8 heteroatoms. The third-order valence-corrected chi connectivity index (χ3v) is 5.36. The molecule has 1 saturated heterocycles. The van der Waals surface area contributed by atoms with Crippen molar-refractivity contribution in [2.45, 2.75) is 13.5 Å². The van der Waals surface area contributed by atoms with E-state index in [1.54, 1.807) is 12.1 Å². The van der Waals surface area contributed by atoms with Crippen molar-refractivity contribution in [3.05, 3.63) is 47.5 Å². The molecule has 8 nitrogen and oxygen atoms in total. The third-order valence-electron chi connectivity index (χ3n) is 5.36. The minimum atomic E-state index is -0.201. The second-order valence-electron chi connectivity index (χ2n) is 7.76. The highest BCUT2D eigenvalue weighted by Gasteiger charge is 2.21. The van der Waals surface area contributed by atoms with E-state index in [1.807, 2.05) is 24.1 Å². The van der Waals surface area contributed by atoms with E-state index in [1.165, 1.54) is 12.6 Å². The second-order valence-corrected chi connectivity index (χ2v) is 7.76. The van der Waals surface area contributed by atoms with Crippen LogP contribution in [0.2, 0.25) is 0 Å². The highest BCUT2D eigenvalue weighted by molar-refractivity contribution is 6.05. The highest BCUT2D eigenvalue weighted by atomic mass is 16.7. The molecule has 0 unspecified atom stereocenters. The number of fused-ring (bicyclic) bond motifs is 1. The molecule has 31 heavy (non-hydrogen) atoms. The lowest BCUT2D eigenvalue weighted by molar-refractivity contribution is -0.117. The van der Waals surface area contributed by atoms with Gasteiger partial charge in [-0.25, -0.2) is 0 Å². The maximum atomic E-state index is 12.7. The van der Waals surface area contributed by atoms with Crippen LogP contribution in [-0.2, 0) is 16.1 Å². The normalized spacial score (nSPS) is 15.3. The smallest absolute Gasteiger partial charge is 0.238 e. The lowest BCUT2D eigenvalue weighted by Gasteiger charge is -2.31. The first-order valence-corrected chi connectivity index (χ1v) is 10.3. The maximum absolute atomic E-state index is 12.7. The number of rotatable bonds is 7. The molecule has 1 N–H and O–H groups in total. The number of para-hydroxylation sites is 1. The van der Waals surface area contributed by atoms with Crippen molar-refractivity contribution in [1.29, 1.82) is 0 Å². The van der Waals surface area contributed by atoms with E-state index in [4.69, 9.17) is 14.2 Å². The van der Waals surface area contributed by atoms with Crippen molar-refractivity contribution in [3.8, 4) is 11.5 Å². The SMILES string of the molecule is CC(=O)c1cc2c(cc1NC(=O)CN(C)Cc1ccccc1N1CCOCC1)OCO2. The van der Waals surface area contributed by atoms with Crippen molar-refractivity contribution in [2.24, 2.45) is 0 Å². The largest absolute Gasteiger partial charge is 0.454 e. The number of morpholine rings is 1. The molecule has 1 fully saturated rings. The van der Waals surface area contributed by atoms with Crippen LogP contribution in [0.15, 0.2) is 36.4 Å². The van der Waals surface area contributed by atoms with E-state index in [9.17, 15) is 9.59 Å². The zero-order chi connectivity index (χ0) is 21.8. The van der Waals surface area contributed by atoms with Gasteiger partial charge in [-0.1, -0.05) is 18.2 Å². The van der Waals surface area contributed by atoms with Gasteiger partial charge in [-0.15, -0.1) is 0 Å². The zero-order valence-electron chi connectivity index (χ0n) is 17.8. The van der Waals surface area contributed by atoms with Crippen LogP contribution < -0.4 is 19.7 Å². The number of hydrogen-bond donors (Lipinski definition) is 1. The van der Waals surface area contributed by atoms with Gasteiger partial charge in [0.15, 0.2) is 17.3 Å². The Labute approximate surface area is 181 Å². The first-order valence-electron chi connectivity index (χ1n) is 10.3. The molecular weight excluding hydrogens is 398 g/mol. The molecule has 0 spiro atoms. The standard InChI is InChI=1S/C23H27N3O5/c1-16(27)18-11-21-22(31-15-30-21)12-19(18)24-23(28)14-25(2)13-17-5-3-4-6-20(17)26-7-9-29-10-8-26/h3-6,11-12H,7-10,13-15H2,1-2H3,(H,24,28). The first kappa shape index (κ1) is 21.1. The van der Waals surface area contributed by atoms with E-state index < -0.39 is 0 Å². The van der Waals surface area contributed by atoms with Crippen LogP contribution in [0.1, 0.15) is 22.8 Å². The van der Waals surface area contributed by atoms with E-state index in [0.717, 1.165) is 31.9 Å². The summed E-state index contributed by atoms with van der Waals surface area (Å²) < 4.78 is 16.2. The summed E-state index contributed by atoms with van der Waals surface area (Å²) in [6.07, 6.45) is 0. The molecule has 1 amide bonds. The van der Waals surface area contributed by atoms with Gasteiger partial charge in [0.05, 0.1) is 25.4 Å². The van der Waals surface area contributed by atoms with Crippen LogP contribution in [0.3, 0.4) is 0 Å². The van der Waals surface area contributed by atoms with Crippen LogP contribution in [0.25, 0.3) is 0 Å². The van der Waals surface area contributed by atoms with Crippen molar-refractivity contribution in [1.82, 2.24) is 4.90 Å². The molecule has 2 aromatic rings. The second kappa shape index (κ2) is 9.36. The topological polar surface area (TPSA) is 80.3 Å². The van der Waals surface area contributed by atoms with Crippen molar-refractivity contribution < 1.29 is 23.8 Å². The van der Waals surface area contributed by atoms with Crippen LogP contribution in [0.4, 0.5) is 11.4 Å². The van der Waals surface area contributed by atoms with Crippen molar-refractivity contribution in [3.63, 3.8) is 0 Å². The lowest BCUT2D eigenvalue weighted by atomic mass is 10.1. The summed E-state index contributed by atoms with van der Waals surface area (Å²) in [4.78, 5) is 29.0. The molecule has 0 radical (unpaired) electrons. The number of benzene rings is 2. The third kappa shape index (κ3) is 4.98. The van der Waals surface area contributed by atoms with E-state index >= 15 is 0 Å². The van der Waals surface area contributed by atoms with Crippen LogP contribution in [-0.4, -0.2) is 63.3 Å². The van der Waals surface area contributed by atoms with Gasteiger partial charge >= 0.3 is 0 Å². The average Bonchev–Trinajstić information content (AvgIpc) is 3.21. The maximum Gasteiger partial charge on any atom is 0.238 e. The Kier molecular flexibility index (Phi) is 6.39. The molecule has 0 bridgehead atoms. The molecule has 2 aliphatic rings. The van der Waals surface area contributed by atoms with E-state index in [0.29, 0.717) is 29.3 Å². The number of Topliss-reactive ketones (excluding diaryl/α,β-unsaturated/α-hetero) is 1. The summed E-state index contributed by atoms with van der Waals surface area (Å²) in [5.41, 5.74) is 3.17. The zero-order valence-corrected chi connectivity index (χ0v) is 17.8. The summed E-state index contributed by atoms with van der Waals surface area (Å²) in [6, 6.07) is 11.5. The summed E-state index contributed by atoms with van der Waals surface area (Å²) in [5, 5.41) is 2.85. The molecule has 4 rings (SSSR count). The Morgan fingerprint density at radius 3 is 2.55 bits per heavy atom. The number of anilines is 2. The quantitative estimate of drug-likeness (QED) is 0.683. The molecule has 0 aliphatic carbocycles. The monoisotopic (exact) mass is 425 g/mol. The summed E-state index contributed by atoms with van der Waals surface area (Å²) in [7, 11) is 1.90. The number of amides is 1. The number of carbonyl (C=O) groups excluding carboxylic acids is 2. The van der Waals surface area contributed by atoms with E-state index in [-0.39, 0.29) is 25.0 Å².